The normalized spacial score (nSPS) is 15.0. The number of nitrogen functional groups attached to an aromatic ring is 1. The third-order valence-corrected chi connectivity index (χ3v) is 2.36. The van der Waals surface area contributed by atoms with E-state index in [2.05, 4.69) is 5.32 Å². The average Bonchev–Trinajstić information content (AvgIpc) is 2.07. The van der Waals surface area contributed by atoms with E-state index in [4.69, 9.17) is 17.3 Å². The van der Waals surface area contributed by atoms with Gasteiger partial charge in [0.2, 0.25) is 0 Å². The number of halogens is 1. The highest BCUT2D eigenvalue weighted by Crippen LogP contribution is 2.32. The number of ketones is 1. The molecule has 1 heterocycles. The summed E-state index contributed by atoms with van der Waals surface area (Å²) in [5, 5.41) is 3.60. The average molecular weight is 197 g/mol. The van der Waals surface area contributed by atoms with Gasteiger partial charge in [-0.25, -0.2) is 0 Å². The fourth-order valence-electron chi connectivity index (χ4n) is 1.46. The molecule has 68 valence electrons. The molecule has 0 bridgehead atoms. The summed E-state index contributed by atoms with van der Waals surface area (Å²) in [5.74, 6) is 0.1000. The van der Waals surface area contributed by atoms with Crippen LogP contribution in [0.2, 0.25) is 5.02 Å². The van der Waals surface area contributed by atoms with Crippen LogP contribution < -0.4 is 11.1 Å². The van der Waals surface area contributed by atoms with Crippen molar-refractivity contribution in [3.8, 4) is 0 Å². The number of carbonyl (C=O) groups is 1. The number of nitrogens with one attached hydrogen (secondary N) is 1. The van der Waals surface area contributed by atoms with Crippen LogP contribution in [0.3, 0.4) is 0 Å². The molecule has 1 aliphatic heterocycles. The van der Waals surface area contributed by atoms with E-state index in [0.29, 0.717) is 34.9 Å². The Balaban J connectivity index is 2.63. The summed E-state index contributed by atoms with van der Waals surface area (Å²) >= 11 is 5.92. The van der Waals surface area contributed by atoms with Crippen molar-refractivity contribution in [1.82, 2.24) is 0 Å². The maximum absolute atomic E-state index is 11.4. The Morgan fingerprint density at radius 3 is 3.00 bits per heavy atom. The second-order valence-electron chi connectivity index (χ2n) is 3.03. The highest BCUT2D eigenvalue weighted by atomic mass is 35.5. The second-order valence-corrected chi connectivity index (χ2v) is 3.43. The molecule has 0 atom stereocenters. The minimum atomic E-state index is 0.1000. The molecule has 4 heteroatoms. The molecule has 0 fully saturated rings. The molecule has 2 rings (SSSR count). The van der Waals surface area contributed by atoms with Crippen LogP contribution in [0.5, 0.6) is 0 Å². The van der Waals surface area contributed by atoms with Crippen LogP contribution in [0.25, 0.3) is 0 Å². The van der Waals surface area contributed by atoms with Gasteiger partial charge in [-0.1, -0.05) is 11.6 Å². The van der Waals surface area contributed by atoms with Gasteiger partial charge in [0, 0.05) is 24.2 Å². The first-order valence-corrected chi connectivity index (χ1v) is 4.42. The molecule has 0 unspecified atom stereocenters. The van der Waals surface area contributed by atoms with E-state index >= 15 is 0 Å². The Bertz CT molecular complexity index is 376. The third kappa shape index (κ3) is 1.35. The van der Waals surface area contributed by atoms with E-state index in [9.17, 15) is 4.79 Å². The zero-order valence-corrected chi connectivity index (χ0v) is 7.69. The van der Waals surface area contributed by atoms with Crippen molar-refractivity contribution in [2.45, 2.75) is 6.42 Å². The summed E-state index contributed by atoms with van der Waals surface area (Å²) in [6, 6.07) is 3.31. The fourth-order valence-corrected chi connectivity index (χ4v) is 1.76. The number of Topliss-reactive ketones (excluding diaryl/α,β-unsaturated/α-hetero) is 1. The van der Waals surface area contributed by atoms with E-state index in [-0.39, 0.29) is 5.78 Å². The fraction of sp³-hybridized carbons (Fsp3) is 0.222. The summed E-state index contributed by atoms with van der Waals surface area (Å²) in [7, 11) is 0. The molecule has 0 radical (unpaired) electrons. The first kappa shape index (κ1) is 8.38. The molecule has 0 saturated carbocycles. The van der Waals surface area contributed by atoms with Gasteiger partial charge >= 0.3 is 0 Å². The smallest absolute Gasteiger partial charge is 0.166 e. The molecular weight excluding hydrogens is 188 g/mol. The molecule has 1 aromatic rings. The number of fused-ring (bicyclic) bond motifs is 1. The minimum absolute atomic E-state index is 0.1000. The second kappa shape index (κ2) is 2.92. The number of hydrogen-bond donors (Lipinski definition) is 2. The van der Waals surface area contributed by atoms with Crippen LogP contribution in [0.1, 0.15) is 16.8 Å². The predicted molar refractivity (Wildman–Crippen MR) is 53.3 cm³/mol. The molecule has 1 aromatic carbocycles. The summed E-state index contributed by atoms with van der Waals surface area (Å²) in [6.07, 6.45) is 0.507. The highest BCUT2D eigenvalue weighted by Gasteiger charge is 2.19. The largest absolute Gasteiger partial charge is 0.399 e. The van der Waals surface area contributed by atoms with Crippen LogP contribution in [-0.4, -0.2) is 12.3 Å². The van der Waals surface area contributed by atoms with Crippen LogP contribution in [0.4, 0.5) is 11.4 Å². The molecule has 0 spiro atoms. The van der Waals surface area contributed by atoms with Gasteiger partial charge in [0.1, 0.15) is 0 Å². The number of rotatable bonds is 0. The zero-order valence-electron chi connectivity index (χ0n) is 6.93. The maximum Gasteiger partial charge on any atom is 0.166 e. The lowest BCUT2D eigenvalue weighted by Gasteiger charge is -2.18. The Morgan fingerprint density at radius 2 is 2.23 bits per heavy atom. The summed E-state index contributed by atoms with van der Waals surface area (Å²) in [5.41, 5.74) is 7.43. The van der Waals surface area contributed by atoms with E-state index in [1.165, 1.54) is 0 Å². The highest BCUT2D eigenvalue weighted by molar-refractivity contribution is 6.34. The first-order chi connectivity index (χ1) is 6.18. The summed E-state index contributed by atoms with van der Waals surface area (Å²) < 4.78 is 0. The molecule has 13 heavy (non-hydrogen) atoms. The van der Waals surface area contributed by atoms with E-state index < -0.39 is 0 Å². The van der Waals surface area contributed by atoms with Gasteiger partial charge < -0.3 is 11.1 Å². The van der Waals surface area contributed by atoms with E-state index in [1.54, 1.807) is 12.1 Å². The minimum Gasteiger partial charge on any atom is -0.399 e. The zero-order chi connectivity index (χ0) is 9.42. The molecule has 0 saturated heterocycles. The number of carbonyl (C=O) groups excluding carboxylic acids is 1. The van der Waals surface area contributed by atoms with Crippen molar-refractivity contribution in [2.75, 3.05) is 17.6 Å². The van der Waals surface area contributed by atoms with Gasteiger partial charge in [0.05, 0.1) is 10.7 Å². The van der Waals surface area contributed by atoms with Crippen molar-refractivity contribution in [3.05, 3.63) is 22.7 Å². The maximum atomic E-state index is 11.4. The lowest BCUT2D eigenvalue weighted by Crippen LogP contribution is -2.18. The Morgan fingerprint density at radius 1 is 1.46 bits per heavy atom. The number of nitrogens with two attached hydrogens (primary N) is 1. The number of anilines is 2. The summed E-state index contributed by atoms with van der Waals surface area (Å²) in [4.78, 5) is 11.4. The van der Waals surface area contributed by atoms with Crippen LogP contribution in [0, 0.1) is 0 Å². The van der Waals surface area contributed by atoms with Gasteiger partial charge in [-0.15, -0.1) is 0 Å². The monoisotopic (exact) mass is 196 g/mol. The van der Waals surface area contributed by atoms with E-state index in [1.807, 2.05) is 0 Å². The van der Waals surface area contributed by atoms with E-state index in [0.717, 1.165) is 0 Å². The van der Waals surface area contributed by atoms with Gasteiger partial charge in [0.15, 0.2) is 5.78 Å². The third-order valence-electron chi connectivity index (χ3n) is 2.07. The van der Waals surface area contributed by atoms with Crippen LogP contribution >= 0.6 is 11.6 Å². The molecule has 3 N–H and O–H groups in total. The van der Waals surface area contributed by atoms with Crippen LogP contribution in [-0.2, 0) is 0 Å². The SMILES string of the molecule is Nc1cc(Cl)c2c(c1)C(=O)CCN2. The lowest BCUT2D eigenvalue weighted by atomic mass is 10.0. The molecular formula is C9H9ClN2O. The molecule has 3 nitrogen and oxygen atoms in total. The Labute approximate surface area is 80.9 Å². The quantitative estimate of drug-likeness (QED) is 0.624. The number of hydrogen-bond acceptors (Lipinski definition) is 3. The summed E-state index contributed by atoms with van der Waals surface area (Å²) in [6.45, 7) is 0.648. The molecule has 0 aromatic heterocycles. The van der Waals surface area contributed by atoms with Crippen molar-refractivity contribution < 1.29 is 4.79 Å². The molecule has 0 aliphatic carbocycles. The predicted octanol–water partition coefficient (Wildman–Crippen LogP) is 1.92. The van der Waals surface area contributed by atoms with Crippen molar-refractivity contribution in [2.24, 2.45) is 0 Å². The first-order valence-electron chi connectivity index (χ1n) is 4.04. The lowest BCUT2D eigenvalue weighted by molar-refractivity contribution is 0.0984. The van der Waals surface area contributed by atoms with Gasteiger partial charge in [-0.05, 0) is 12.1 Å². The van der Waals surface area contributed by atoms with Gasteiger partial charge in [-0.2, -0.15) is 0 Å². The van der Waals surface area contributed by atoms with Crippen molar-refractivity contribution >= 4 is 28.8 Å². The van der Waals surface area contributed by atoms with Gasteiger partial charge in [0.25, 0.3) is 0 Å². The Kier molecular flexibility index (Phi) is 1.88. The van der Waals surface area contributed by atoms with Crippen LogP contribution in [0.15, 0.2) is 12.1 Å². The van der Waals surface area contributed by atoms with Gasteiger partial charge in [-0.3, -0.25) is 4.79 Å². The topological polar surface area (TPSA) is 55.1 Å². The number of benzene rings is 1. The van der Waals surface area contributed by atoms with Crippen molar-refractivity contribution in [3.63, 3.8) is 0 Å². The standard InChI is InChI=1S/C9H9ClN2O/c10-7-4-5(11)3-6-8(13)1-2-12-9(6)7/h3-4,12H,1-2,11H2. The molecule has 0 amide bonds. The molecule has 1 aliphatic rings. The Hall–Kier alpha value is -1.22. The van der Waals surface area contributed by atoms with Crippen molar-refractivity contribution in [1.29, 1.82) is 0 Å².